The van der Waals surface area contributed by atoms with Crippen molar-refractivity contribution in [3.05, 3.63) is 52.2 Å². The van der Waals surface area contributed by atoms with Gasteiger partial charge in [0.15, 0.2) is 5.82 Å². The molecule has 3 aromatic rings. The Bertz CT molecular complexity index is 941. The van der Waals surface area contributed by atoms with E-state index in [0.717, 1.165) is 12.8 Å². The van der Waals surface area contributed by atoms with E-state index < -0.39 is 5.91 Å². The van der Waals surface area contributed by atoms with E-state index in [-0.39, 0.29) is 18.0 Å². The van der Waals surface area contributed by atoms with Gasteiger partial charge in [-0.05, 0) is 25.0 Å². The minimum Gasteiger partial charge on any atom is -0.341 e. The summed E-state index contributed by atoms with van der Waals surface area (Å²) >= 11 is 0. The third-order valence-corrected chi connectivity index (χ3v) is 3.66. The van der Waals surface area contributed by atoms with Crippen molar-refractivity contribution in [1.29, 1.82) is 0 Å². The summed E-state index contributed by atoms with van der Waals surface area (Å²) in [6.07, 6.45) is 2.06. The van der Waals surface area contributed by atoms with Gasteiger partial charge >= 0.3 is 11.8 Å². The molecular formula is C15H13N5O3. The number of nitrogens with zero attached hydrogens (tertiary/aromatic N) is 3. The number of fused-ring (bicyclic) bond motifs is 1. The lowest BCUT2D eigenvalue weighted by Gasteiger charge is -2.03. The Labute approximate surface area is 129 Å². The molecule has 1 aromatic carbocycles. The smallest absolute Gasteiger partial charge is 0.315 e. The third kappa shape index (κ3) is 2.70. The molecule has 0 spiro atoms. The van der Waals surface area contributed by atoms with E-state index in [2.05, 4.69) is 25.4 Å². The second-order valence-corrected chi connectivity index (χ2v) is 5.44. The molecule has 1 saturated carbocycles. The van der Waals surface area contributed by atoms with Crippen LogP contribution in [0.25, 0.3) is 10.9 Å². The van der Waals surface area contributed by atoms with E-state index >= 15 is 0 Å². The number of rotatable bonds is 4. The van der Waals surface area contributed by atoms with Crippen LogP contribution in [0.5, 0.6) is 0 Å². The maximum absolute atomic E-state index is 12.0. The SMILES string of the molecule is O=C(NCc1nc2ccccc2c(=O)[nH]1)c1nc(C2CC2)no1. The fourth-order valence-electron chi connectivity index (χ4n) is 2.29. The quantitative estimate of drug-likeness (QED) is 0.746. The van der Waals surface area contributed by atoms with Crippen LogP contribution >= 0.6 is 0 Å². The van der Waals surface area contributed by atoms with Gasteiger partial charge in [-0.3, -0.25) is 9.59 Å². The summed E-state index contributed by atoms with van der Waals surface area (Å²) in [6.45, 7) is 0.0695. The molecule has 0 aliphatic heterocycles. The maximum atomic E-state index is 12.0. The van der Waals surface area contributed by atoms with Gasteiger partial charge in [0.1, 0.15) is 5.82 Å². The molecule has 2 aromatic heterocycles. The number of hydrogen-bond acceptors (Lipinski definition) is 6. The second kappa shape index (κ2) is 5.31. The van der Waals surface area contributed by atoms with Gasteiger partial charge in [0.2, 0.25) is 0 Å². The van der Waals surface area contributed by atoms with Crippen LogP contribution in [0.1, 0.15) is 41.1 Å². The average Bonchev–Trinajstić information content (AvgIpc) is 3.30. The Morgan fingerprint density at radius 3 is 2.96 bits per heavy atom. The van der Waals surface area contributed by atoms with Crippen LogP contribution in [0.4, 0.5) is 0 Å². The summed E-state index contributed by atoms with van der Waals surface area (Å²) in [6, 6.07) is 7.01. The molecule has 4 rings (SSSR count). The molecule has 0 bridgehead atoms. The zero-order chi connectivity index (χ0) is 15.8. The van der Waals surface area contributed by atoms with Crippen molar-refractivity contribution in [1.82, 2.24) is 25.4 Å². The molecule has 0 unspecified atom stereocenters. The van der Waals surface area contributed by atoms with Crippen molar-refractivity contribution < 1.29 is 9.32 Å². The van der Waals surface area contributed by atoms with Crippen molar-refractivity contribution in [2.75, 3.05) is 0 Å². The van der Waals surface area contributed by atoms with Crippen LogP contribution in [-0.2, 0) is 6.54 Å². The largest absolute Gasteiger partial charge is 0.341 e. The second-order valence-electron chi connectivity index (χ2n) is 5.44. The third-order valence-electron chi connectivity index (χ3n) is 3.66. The van der Waals surface area contributed by atoms with Gasteiger partial charge in [-0.15, -0.1) is 0 Å². The number of H-pyrrole nitrogens is 1. The average molecular weight is 311 g/mol. The van der Waals surface area contributed by atoms with E-state index in [1.165, 1.54) is 0 Å². The molecule has 1 aliphatic carbocycles. The molecule has 2 heterocycles. The van der Waals surface area contributed by atoms with E-state index in [0.29, 0.717) is 28.5 Å². The molecule has 0 saturated heterocycles. The maximum Gasteiger partial charge on any atom is 0.315 e. The van der Waals surface area contributed by atoms with Crippen LogP contribution in [-0.4, -0.2) is 26.0 Å². The van der Waals surface area contributed by atoms with Gasteiger partial charge in [0, 0.05) is 5.92 Å². The highest BCUT2D eigenvalue weighted by atomic mass is 16.5. The molecule has 8 heteroatoms. The minimum absolute atomic E-state index is 0.0695. The van der Waals surface area contributed by atoms with Gasteiger partial charge in [-0.25, -0.2) is 4.98 Å². The summed E-state index contributed by atoms with van der Waals surface area (Å²) in [7, 11) is 0. The van der Waals surface area contributed by atoms with E-state index in [1.807, 2.05) is 0 Å². The lowest BCUT2D eigenvalue weighted by molar-refractivity contribution is 0.0906. The number of hydrogen-bond donors (Lipinski definition) is 2. The molecule has 1 aliphatic rings. The highest BCUT2D eigenvalue weighted by molar-refractivity contribution is 5.89. The highest BCUT2D eigenvalue weighted by Crippen LogP contribution is 2.38. The number of nitrogens with one attached hydrogen (secondary N) is 2. The standard InChI is InChI=1S/C15H13N5O3/c21-13-9-3-1-2-4-10(9)17-11(18-13)7-16-14(22)15-19-12(20-23-15)8-5-6-8/h1-4,8H,5-7H2,(H,16,22)(H,17,18,21). The first-order valence-electron chi connectivity index (χ1n) is 7.30. The van der Waals surface area contributed by atoms with Gasteiger partial charge in [0.05, 0.1) is 17.4 Å². The Balaban J connectivity index is 1.49. The number of aromatic nitrogens is 4. The number of carbonyl (C=O) groups excluding carboxylic acids is 1. The lowest BCUT2D eigenvalue weighted by atomic mass is 10.2. The molecule has 0 radical (unpaired) electrons. The number of para-hydroxylation sites is 1. The van der Waals surface area contributed by atoms with Gasteiger partial charge in [0.25, 0.3) is 5.56 Å². The zero-order valence-electron chi connectivity index (χ0n) is 12.1. The first-order chi connectivity index (χ1) is 11.2. The predicted octanol–water partition coefficient (Wildman–Crippen LogP) is 1.11. The van der Waals surface area contributed by atoms with E-state index in [9.17, 15) is 9.59 Å². The van der Waals surface area contributed by atoms with Crippen LogP contribution < -0.4 is 10.9 Å². The van der Waals surface area contributed by atoms with E-state index in [4.69, 9.17) is 4.52 Å². The highest BCUT2D eigenvalue weighted by Gasteiger charge is 2.29. The van der Waals surface area contributed by atoms with Gasteiger partial charge < -0.3 is 14.8 Å². The van der Waals surface area contributed by atoms with Gasteiger partial charge in [-0.1, -0.05) is 17.3 Å². The number of aromatic amines is 1. The fourth-order valence-corrected chi connectivity index (χ4v) is 2.29. The summed E-state index contributed by atoms with van der Waals surface area (Å²) in [5.74, 6) is 0.699. The molecule has 23 heavy (non-hydrogen) atoms. The minimum atomic E-state index is -0.486. The van der Waals surface area contributed by atoms with Crippen molar-refractivity contribution >= 4 is 16.8 Å². The zero-order valence-corrected chi connectivity index (χ0v) is 12.1. The van der Waals surface area contributed by atoms with E-state index in [1.54, 1.807) is 24.3 Å². The lowest BCUT2D eigenvalue weighted by Crippen LogP contribution is -2.26. The van der Waals surface area contributed by atoms with Gasteiger partial charge in [-0.2, -0.15) is 4.98 Å². The molecule has 1 amide bonds. The fraction of sp³-hybridized carbons (Fsp3) is 0.267. The molecule has 8 nitrogen and oxygen atoms in total. The topological polar surface area (TPSA) is 114 Å². The summed E-state index contributed by atoms with van der Waals surface area (Å²) in [5.41, 5.74) is 0.336. The summed E-state index contributed by atoms with van der Waals surface area (Å²) in [4.78, 5) is 35.0. The predicted molar refractivity (Wildman–Crippen MR) is 79.8 cm³/mol. The summed E-state index contributed by atoms with van der Waals surface area (Å²) < 4.78 is 4.94. The summed E-state index contributed by atoms with van der Waals surface area (Å²) in [5, 5.41) is 6.91. The Hall–Kier alpha value is -3.03. The molecular weight excluding hydrogens is 298 g/mol. The van der Waals surface area contributed by atoms with Crippen molar-refractivity contribution in [3.63, 3.8) is 0 Å². The molecule has 116 valence electrons. The molecule has 1 fully saturated rings. The first kappa shape index (κ1) is 13.6. The number of benzene rings is 1. The Morgan fingerprint density at radius 2 is 2.13 bits per heavy atom. The normalized spacial score (nSPS) is 14.1. The molecule has 2 N–H and O–H groups in total. The number of carbonyl (C=O) groups is 1. The van der Waals surface area contributed by atoms with Crippen molar-refractivity contribution in [3.8, 4) is 0 Å². The first-order valence-corrected chi connectivity index (χ1v) is 7.30. The Kier molecular flexibility index (Phi) is 3.14. The number of amides is 1. The molecule has 0 atom stereocenters. The van der Waals surface area contributed by atoms with Crippen LogP contribution in [0.15, 0.2) is 33.6 Å². The van der Waals surface area contributed by atoms with Crippen LogP contribution in [0, 0.1) is 0 Å². The Morgan fingerprint density at radius 1 is 1.30 bits per heavy atom. The van der Waals surface area contributed by atoms with Crippen LogP contribution in [0.2, 0.25) is 0 Å². The van der Waals surface area contributed by atoms with Crippen molar-refractivity contribution in [2.24, 2.45) is 0 Å². The monoisotopic (exact) mass is 311 g/mol. The van der Waals surface area contributed by atoms with Crippen LogP contribution in [0.3, 0.4) is 0 Å². The van der Waals surface area contributed by atoms with Crippen molar-refractivity contribution in [2.45, 2.75) is 25.3 Å².